The van der Waals surface area contributed by atoms with Crippen molar-refractivity contribution in [1.82, 2.24) is 4.98 Å². The molecule has 2 aliphatic rings. The van der Waals surface area contributed by atoms with E-state index in [1.165, 1.54) is 23.3 Å². The van der Waals surface area contributed by atoms with E-state index in [2.05, 4.69) is 12.0 Å². The molecule has 1 aliphatic carbocycles. The van der Waals surface area contributed by atoms with Crippen LogP contribution in [0, 0.1) is 17.0 Å². The van der Waals surface area contributed by atoms with Crippen LogP contribution in [0.1, 0.15) is 17.5 Å². The number of ether oxygens (including phenoxy) is 3. The number of quaternary nitrogens is 1. The van der Waals surface area contributed by atoms with E-state index < -0.39 is 35.3 Å². The van der Waals surface area contributed by atoms with Gasteiger partial charge in [0.2, 0.25) is 5.91 Å². The molecule has 42 heavy (non-hydrogen) atoms. The lowest BCUT2D eigenvalue weighted by atomic mass is 9.80. The van der Waals surface area contributed by atoms with Crippen LogP contribution in [0.15, 0.2) is 35.7 Å². The monoisotopic (exact) mass is 602 g/mol. The van der Waals surface area contributed by atoms with E-state index in [1.54, 1.807) is 18.6 Å². The van der Waals surface area contributed by atoms with Crippen LogP contribution in [0.3, 0.4) is 0 Å². The highest BCUT2D eigenvalue weighted by molar-refractivity contribution is 7.14. The number of fused-ring (bicyclic) bond motifs is 1. The molecule has 0 saturated carbocycles. The third-order valence-electron chi connectivity index (χ3n) is 8.23. The number of thiazole rings is 1. The number of nitrogens with zero attached hydrogens (tertiary/aromatic N) is 3. The molecule has 2 aromatic carbocycles. The van der Waals surface area contributed by atoms with Gasteiger partial charge in [-0.3, -0.25) is 14.5 Å². The number of amides is 1. The molecule has 9 nitrogen and oxygen atoms in total. The fourth-order valence-electron chi connectivity index (χ4n) is 5.74. The first-order valence-corrected chi connectivity index (χ1v) is 14.6. The van der Waals surface area contributed by atoms with Crippen LogP contribution in [-0.2, 0) is 27.2 Å². The molecule has 0 radical (unpaired) electrons. The molecule has 0 bridgehead atoms. The topological polar surface area (TPSA) is 98.2 Å². The molecule has 224 valence electrons. The van der Waals surface area contributed by atoms with E-state index >= 15 is 0 Å². The number of likely N-dealkylation sites (N-methyl/N-ethyl adjacent to an activating group) is 1. The van der Waals surface area contributed by atoms with Gasteiger partial charge in [0.25, 0.3) is 0 Å². The molecule has 5 rings (SSSR count). The van der Waals surface area contributed by atoms with Crippen LogP contribution in [0.25, 0.3) is 11.3 Å². The Morgan fingerprint density at radius 2 is 1.81 bits per heavy atom. The molecule has 1 N–H and O–H groups in total. The lowest BCUT2D eigenvalue weighted by molar-refractivity contribution is -0.916. The summed E-state index contributed by atoms with van der Waals surface area (Å²) in [6.07, 6.45) is -0.490. The summed E-state index contributed by atoms with van der Waals surface area (Å²) in [7, 11) is 5.29. The Kier molecular flexibility index (Phi) is 8.49. The van der Waals surface area contributed by atoms with Gasteiger partial charge in [-0.25, -0.2) is 13.8 Å². The van der Waals surface area contributed by atoms with Gasteiger partial charge in [-0.1, -0.05) is 0 Å². The maximum atomic E-state index is 13.9. The summed E-state index contributed by atoms with van der Waals surface area (Å²) in [5, 5.41) is 11.8. The van der Waals surface area contributed by atoms with Crippen LogP contribution < -0.4 is 14.4 Å². The number of methoxy groups -OCH3 is 1. The lowest BCUT2D eigenvalue weighted by Gasteiger charge is -2.37. The molecule has 0 unspecified atom stereocenters. The maximum absolute atomic E-state index is 13.9. The number of anilines is 1. The predicted molar refractivity (Wildman–Crippen MR) is 153 cm³/mol. The van der Waals surface area contributed by atoms with E-state index in [0.29, 0.717) is 45.6 Å². The number of carbonyl (C=O) groups excluding carboxylic acids is 1. The van der Waals surface area contributed by atoms with Gasteiger partial charge in [-0.2, -0.15) is 0 Å². The Hall–Kier alpha value is -3.61. The van der Waals surface area contributed by atoms with Gasteiger partial charge in [-0.15, -0.1) is 11.3 Å². The molecule has 3 aromatic rings. The Balaban J connectivity index is 1.31. The first kappa shape index (κ1) is 29.9. The Labute approximate surface area is 246 Å². The van der Waals surface area contributed by atoms with E-state index in [1.807, 2.05) is 12.1 Å². The second-order valence-electron chi connectivity index (χ2n) is 11.2. The second kappa shape index (κ2) is 11.9. The number of hydrogen-bond donors (Lipinski definition) is 1. The van der Waals surface area contributed by atoms with Gasteiger partial charge in [-0.05, 0) is 48.2 Å². The minimum absolute atomic E-state index is 0.00562. The average molecular weight is 603 g/mol. The standard InChI is InChI=1S/C30H33F2N3O6S/c1-34(28(38)30(17-27(36)37)15-19-12-23(31)24(32)13-20(19)16-30)29-33-25(18-42-29)22-5-4-21(14-26(22)39-3)41-11-8-35(2)6-9-40-10-7-35/h4-5,12-14,18H,6-11,15-17H2,1-3H3/p+1. The summed E-state index contributed by atoms with van der Waals surface area (Å²) in [6, 6.07) is 7.60. The van der Waals surface area contributed by atoms with Gasteiger partial charge in [0.15, 0.2) is 16.8 Å². The Morgan fingerprint density at radius 1 is 1.14 bits per heavy atom. The van der Waals surface area contributed by atoms with Crippen molar-refractivity contribution in [3.63, 3.8) is 0 Å². The third kappa shape index (κ3) is 6.11. The number of benzene rings is 2. The quantitative estimate of drug-likeness (QED) is 0.348. The zero-order valence-electron chi connectivity index (χ0n) is 23.8. The van der Waals surface area contributed by atoms with Crippen molar-refractivity contribution < 1.29 is 42.2 Å². The summed E-state index contributed by atoms with van der Waals surface area (Å²) in [5.74, 6) is -2.47. The number of carboxylic acid groups (broad SMARTS) is 1. The molecular formula is C30H34F2N3O6S+. The molecular weight excluding hydrogens is 568 g/mol. The van der Waals surface area contributed by atoms with E-state index in [-0.39, 0.29) is 12.8 Å². The van der Waals surface area contributed by atoms with Crippen LogP contribution in [0.2, 0.25) is 0 Å². The normalized spacial score (nSPS) is 17.0. The molecule has 0 atom stereocenters. The lowest BCUT2D eigenvalue weighted by Crippen LogP contribution is -2.53. The number of rotatable bonds is 10. The molecule has 1 saturated heterocycles. The molecule has 1 aliphatic heterocycles. The van der Waals surface area contributed by atoms with Gasteiger partial charge in [0, 0.05) is 24.1 Å². The fraction of sp³-hybridized carbons (Fsp3) is 0.433. The number of hydrogen-bond acceptors (Lipinski definition) is 7. The smallest absolute Gasteiger partial charge is 0.304 e. The Morgan fingerprint density at radius 3 is 2.43 bits per heavy atom. The van der Waals surface area contributed by atoms with Crippen molar-refractivity contribution in [3.8, 4) is 22.8 Å². The summed E-state index contributed by atoms with van der Waals surface area (Å²) in [6.45, 7) is 4.83. The second-order valence-corrected chi connectivity index (χ2v) is 12.1. The van der Waals surface area contributed by atoms with Crippen LogP contribution in [0.5, 0.6) is 11.5 Å². The molecule has 1 fully saturated rings. The van der Waals surface area contributed by atoms with E-state index in [9.17, 15) is 23.5 Å². The van der Waals surface area contributed by atoms with Crippen molar-refractivity contribution >= 4 is 28.3 Å². The highest BCUT2D eigenvalue weighted by Gasteiger charge is 2.48. The minimum Gasteiger partial charge on any atom is -0.496 e. The number of halogens is 2. The number of carbonyl (C=O) groups is 2. The molecule has 0 spiro atoms. The SMILES string of the molecule is COc1cc(OCC[N+]2(C)CCOCC2)ccc1-c1csc(N(C)C(=O)C2(CC(=O)O)Cc3cc(F)c(F)cc3C2)n1. The highest BCUT2D eigenvalue weighted by Crippen LogP contribution is 2.43. The molecule has 2 heterocycles. The van der Waals surface area contributed by atoms with Crippen molar-refractivity contribution in [2.75, 3.05) is 65.6 Å². The first-order valence-electron chi connectivity index (χ1n) is 13.7. The van der Waals surface area contributed by atoms with Crippen molar-refractivity contribution in [3.05, 3.63) is 58.5 Å². The number of aliphatic carboxylic acids is 1. The molecule has 1 amide bonds. The van der Waals surface area contributed by atoms with Gasteiger partial charge in [0.1, 0.15) is 37.7 Å². The summed E-state index contributed by atoms with van der Waals surface area (Å²) < 4.78 is 45.8. The fourth-order valence-corrected chi connectivity index (χ4v) is 6.53. The number of morpholine rings is 1. The van der Waals surface area contributed by atoms with Crippen LogP contribution >= 0.6 is 11.3 Å². The van der Waals surface area contributed by atoms with Crippen LogP contribution in [-0.4, -0.2) is 87.1 Å². The summed E-state index contributed by atoms with van der Waals surface area (Å²) >= 11 is 1.23. The van der Waals surface area contributed by atoms with Crippen molar-refractivity contribution in [2.24, 2.45) is 5.41 Å². The van der Waals surface area contributed by atoms with Gasteiger partial charge >= 0.3 is 5.97 Å². The van der Waals surface area contributed by atoms with Crippen molar-refractivity contribution in [1.29, 1.82) is 0 Å². The predicted octanol–water partition coefficient (Wildman–Crippen LogP) is 4.18. The minimum atomic E-state index is -1.38. The first-order chi connectivity index (χ1) is 20.0. The summed E-state index contributed by atoms with van der Waals surface area (Å²) in [5.41, 5.74) is 0.774. The van der Waals surface area contributed by atoms with Gasteiger partial charge in [0.05, 0.1) is 44.9 Å². The van der Waals surface area contributed by atoms with E-state index in [0.717, 1.165) is 49.5 Å². The van der Waals surface area contributed by atoms with Gasteiger partial charge < -0.3 is 23.8 Å². The average Bonchev–Trinajstić information content (AvgIpc) is 3.58. The highest BCUT2D eigenvalue weighted by atomic mass is 32.1. The maximum Gasteiger partial charge on any atom is 0.304 e. The molecule has 1 aromatic heterocycles. The number of carboxylic acids is 1. The summed E-state index contributed by atoms with van der Waals surface area (Å²) in [4.78, 5) is 31.6. The zero-order valence-corrected chi connectivity index (χ0v) is 24.6. The van der Waals surface area contributed by atoms with E-state index in [4.69, 9.17) is 14.2 Å². The Bertz CT molecular complexity index is 1460. The zero-order chi connectivity index (χ0) is 30.1. The third-order valence-corrected chi connectivity index (χ3v) is 9.14. The van der Waals surface area contributed by atoms with Crippen molar-refractivity contribution in [2.45, 2.75) is 19.3 Å². The largest absolute Gasteiger partial charge is 0.496 e. The molecule has 12 heteroatoms. The van der Waals surface area contributed by atoms with Crippen LogP contribution in [0.4, 0.5) is 13.9 Å². The number of aromatic nitrogens is 1.